The number of hydrogen-bond donors (Lipinski definition) is 2. The van der Waals surface area contributed by atoms with Gasteiger partial charge < -0.3 is 14.7 Å². The fourth-order valence-electron chi connectivity index (χ4n) is 4.75. The molecule has 1 aromatic rings. The van der Waals surface area contributed by atoms with Crippen molar-refractivity contribution in [2.75, 3.05) is 13.2 Å². The zero-order chi connectivity index (χ0) is 25.2. The second kappa shape index (κ2) is 10.8. The summed E-state index contributed by atoms with van der Waals surface area (Å²) in [4.78, 5) is 7.92. The van der Waals surface area contributed by atoms with Crippen LogP contribution in [0.3, 0.4) is 0 Å². The van der Waals surface area contributed by atoms with Crippen molar-refractivity contribution in [2.24, 2.45) is 5.92 Å². The summed E-state index contributed by atoms with van der Waals surface area (Å²) in [7, 11) is 0. The van der Waals surface area contributed by atoms with Crippen molar-refractivity contribution >= 4 is 24.2 Å². The highest BCUT2D eigenvalue weighted by Crippen LogP contribution is 2.41. The van der Waals surface area contributed by atoms with Crippen molar-refractivity contribution in [2.45, 2.75) is 56.3 Å². The molecule has 4 rings (SSSR count). The molecule has 1 N–H and O–H groups in total. The molecule has 35 heavy (non-hydrogen) atoms. The topological polar surface area (TPSA) is 72.6 Å². The van der Waals surface area contributed by atoms with Crippen molar-refractivity contribution < 1.29 is 14.2 Å². The van der Waals surface area contributed by atoms with Gasteiger partial charge in [0.1, 0.15) is 23.3 Å². The SMILES string of the molecule is CC1(C)C(O)N(C2=CCC(C#N)C(Cl)=C2)C(S)N1CCCOC1=CCC(c2ccncc2)C(F)=C1. The number of nitriles is 1. The standard InChI is InChI=1S/C26H30ClFN4O2S/c1-26(2)24(33)32(19-5-4-18(16-29)22(27)14-19)25(35)31(26)12-3-13-34-20-6-7-21(23(28)15-20)17-8-10-30-11-9-17/h5-6,8-11,14-15,18,21,24-25,33,35H,3-4,7,12-13H2,1-2H3. The van der Waals surface area contributed by atoms with Crippen molar-refractivity contribution in [3.8, 4) is 6.07 Å². The van der Waals surface area contributed by atoms with Crippen molar-refractivity contribution in [3.05, 3.63) is 76.7 Å². The molecule has 6 nitrogen and oxygen atoms in total. The normalized spacial score (nSPS) is 28.5. The van der Waals surface area contributed by atoms with Gasteiger partial charge in [-0.1, -0.05) is 17.7 Å². The van der Waals surface area contributed by atoms with E-state index >= 15 is 0 Å². The maximum Gasteiger partial charge on any atom is 0.146 e. The van der Waals surface area contributed by atoms with Crippen LogP contribution in [0.2, 0.25) is 0 Å². The number of aliphatic hydroxyl groups is 1. The fraction of sp³-hybridized carbons (Fsp3) is 0.462. The highest BCUT2D eigenvalue weighted by Gasteiger charge is 2.51. The van der Waals surface area contributed by atoms with E-state index < -0.39 is 11.8 Å². The Bertz CT molecular complexity index is 1100. The third-order valence-electron chi connectivity index (χ3n) is 6.89. The predicted molar refractivity (Wildman–Crippen MR) is 137 cm³/mol. The van der Waals surface area contributed by atoms with Crippen LogP contribution >= 0.6 is 24.2 Å². The number of hydrogen-bond acceptors (Lipinski definition) is 7. The zero-order valence-electron chi connectivity index (χ0n) is 19.8. The number of rotatable bonds is 7. The number of aliphatic hydroxyl groups excluding tert-OH is 1. The van der Waals surface area contributed by atoms with Gasteiger partial charge in [0.05, 0.1) is 24.1 Å². The molecule has 186 valence electrons. The second-order valence-corrected chi connectivity index (χ2v) is 10.4. The molecule has 0 bridgehead atoms. The summed E-state index contributed by atoms with van der Waals surface area (Å²) in [6, 6.07) is 5.84. The van der Waals surface area contributed by atoms with Crippen LogP contribution in [0.15, 0.2) is 71.1 Å². The first-order valence-corrected chi connectivity index (χ1v) is 12.6. The number of aromatic nitrogens is 1. The van der Waals surface area contributed by atoms with E-state index in [2.05, 4.69) is 16.0 Å². The summed E-state index contributed by atoms with van der Waals surface area (Å²) in [5.41, 5.74) is 0.708. The summed E-state index contributed by atoms with van der Waals surface area (Å²) in [6.45, 7) is 4.97. The van der Waals surface area contributed by atoms with Gasteiger partial charge in [0.25, 0.3) is 0 Å². The molecule has 0 saturated carbocycles. The Morgan fingerprint density at radius 3 is 2.69 bits per heavy atom. The van der Waals surface area contributed by atoms with Gasteiger partial charge in [-0.25, -0.2) is 4.39 Å². The van der Waals surface area contributed by atoms with Crippen molar-refractivity contribution in [3.63, 3.8) is 0 Å². The monoisotopic (exact) mass is 516 g/mol. The van der Waals surface area contributed by atoms with Crippen LogP contribution in [-0.2, 0) is 4.74 Å². The number of ether oxygens (including phenoxy) is 1. The maximum absolute atomic E-state index is 14.7. The molecule has 2 aliphatic carbocycles. The van der Waals surface area contributed by atoms with E-state index in [4.69, 9.17) is 29.0 Å². The lowest BCUT2D eigenvalue weighted by molar-refractivity contribution is 0.00628. The molecule has 1 aromatic heterocycles. The molecular formula is C26H30ClFN4O2S. The summed E-state index contributed by atoms with van der Waals surface area (Å²) < 4.78 is 20.5. The first-order valence-electron chi connectivity index (χ1n) is 11.7. The van der Waals surface area contributed by atoms with E-state index in [9.17, 15) is 14.8 Å². The van der Waals surface area contributed by atoms with E-state index in [1.165, 1.54) is 6.08 Å². The highest BCUT2D eigenvalue weighted by molar-refractivity contribution is 7.80. The summed E-state index contributed by atoms with van der Waals surface area (Å²) in [5, 5.41) is 20.8. The van der Waals surface area contributed by atoms with E-state index in [0.717, 1.165) is 11.3 Å². The largest absolute Gasteiger partial charge is 0.494 e. The lowest BCUT2D eigenvalue weighted by Crippen LogP contribution is -2.47. The van der Waals surface area contributed by atoms with Crippen LogP contribution in [0.4, 0.5) is 4.39 Å². The first kappa shape index (κ1) is 25.8. The third-order valence-corrected chi connectivity index (χ3v) is 7.79. The van der Waals surface area contributed by atoms with Crippen LogP contribution in [0, 0.1) is 17.2 Å². The van der Waals surface area contributed by atoms with Gasteiger partial charge in [-0.05, 0) is 63.0 Å². The molecule has 1 fully saturated rings. The van der Waals surface area contributed by atoms with Crippen molar-refractivity contribution in [1.29, 1.82) is 5.26 Å². The number of allylic oxidation sites excluding steroid dienone is 6. The molecule has 2 heterocycles. The molecule has 4 unspecified atom stereocenters. The summed E-state index contributed by atoms with van der Waals surface area (Å²) >= 11 is 11.1. The zero-order valence-corrected chi connectivity index (χ0v) is 21.5. The maximum atomic E-state index is 14.7. The number of halogens is 2. The average Bonchev–Trinajstić information content (AvgIpc) is 3.01. The van der Waals surface area contributed by atoms with Gasteiger partial charge in [0, 0.05) is 41.7 Å². The minimum absolute atomic E-state index is 0.213. The van der Waals surface area contributed by atoms with Gasteiger partial charge in [0.15, 0.2) is 0 Å². The highest BCUT2D eigenvalue weighted by atomic mass is 35.5. The summed E-state index contributed by atoms with van der Waals surface area (Å²) in [6.07, 6.45) is 11.3. The van der Waals surface area contributed by atoms with Crippen LogP contribution in [0.25, 0.3) is 0 Å². The minimum atomic E-state index is -0.806. The number of thiol groups is 1. The molecule has 4 atom stereocenters. The smallest absolute Gasteiger partial charge is 0.146 e. The van der Waals surface area contributed by atoms with Gasteiger partial charge in [0.2, 0.25) is 0 Å². The van der Waals surface area contributed by atoms with E-state index in [1.807, 2.05) is 43.0 Å². The lowest BCUT2D eigenvalue weighted by Gasteiger charge is -2.33. The van der Waals surface area contributed by atoms with Crippen LogP contribution < -0.4 is 0 Å². The molecule has 3 aliphatic rings. The minimum Gasteiger partial charge on any atom is -0.494 e. The Morgan fingerprint density at radius 2 is 2.03 bits per heavy atom. The van der Waals surface area contributed by atoms with Gasteiger partial charge >= 0.3 is 0 Å². The Hall–Kier alpha value is -2.31. The van der Waals surface area contributed by atoms with E-state index in [-0.39, 0.29) is 23.2 Å². The molecule has 1 saturated heterocycles. The quantitative estimate of drug-likeness (QED) is 0.384. The molecular weight excluding hydrogens is 487 g/mol. The fourth-order valence-corrected chi connectivity index (χ4v) is 5.67. The molecule has 0 radical (unpaired) electrons. The van der Waals surface area contributed by atoms with Crippen molar-refractivity contribution in [1.82, 2.24) is 14.8 Å². The van der Waals surface area contributed by atoms with Crippen LogP contribution in [0.5, 0.6) is 0 Å². The van der Waals surface area contributed by atoms with Gasteiger partial charge in [-0.3, -0.25) is 9.88 Å². The van der Waals surface area contributed by atoms with Crippen LogP contribution in [0.1, 0.15) is 44.6 Å². The molecule has 9 heteroatoms. The number of pyridine rings is 1. The Labute approximate surface area is 216 Å². The molecule has 0 aromatic carbocycles. The second-order valence-electron chi connectivity index (χ2n) is 9.46. The average molecular weight is 517 g/mol. The Balaban J connectivity index is 1.33. The van der Waals surface area contributed by atoms with Crippen LogP contribution in [-0.4, -0.2) is 50.3 Å². The lowest BCUT2D eigenvalue weighted by atomic mass is 9.92. The van der Waals surface area contributed by atoms with E-state index in [0.29, 0.717) is 43.2 Å². The summed E-state index contributed by atoms with van der Waals surface area (Å²) in [5.74, 6) is -0.326. The molecule has 1 aliphatic heterocycles. The molecule has 0 spiro atoms. The first-order chi connectivity index (χ1) is 16.7. The Kier molecular flexibility index (Phi) is 7.92. The van der Waals surface area contributed by atoms with Gasteiger partial charge in [-0.2, -0.15) is 5.26 Å². The van der Waals surface area contributed by atoms with Gasteiger partial charge in [-0.15, -0.1) is 12.6 Å². The Morgan fingerprint density at radius 1 is 1.29 bits per heavy atom. The third kappa shape index (κ3) is 5.29. The van der Waals surface area contributed by atoms with E-state index in [1.54, 1.807) is 18.5 Å². The predicted octanol–water partition coefficient (Wildman–Crippen LogP) is 5.19. The number of nitrogens with zero attached hydrogens (tertiary/aromatic N) is 4. The molecule has 0 amide bonds.